The fourth-order valence-corrected chi connectivity index (χ4v) is 6.85. The minimum atomic E-state index is -4.93. The third kappa shape index (κ3) is 3.65. The summed E-state index contributed by atoms with van der Waals surface area (Å²) in [7, 11) is -9.67. The molecule has 3 aromatic carbocycles. The Balaban J connectivity index is 1.81. The largest absolute Gasteiger partial charge is 0.455 e. The minimum Gasteiger partial charge on any atom is -0.455 e. The second-order valence-corrected chi connectivity index (χ2v) is 12.0. The number of halogens is 1. The van der Waals surface area contributed by atoms with Crippen LogP contribution in [0.1, 0.15) is 35.1 Å². The predicted octanol–water partition coefficient (Wildman–Crippen LogP) is 2.06. The zero-order chi connectivity index (χ0) is 25.4. The number of hydrogen-bond acceptors (Lipinski definition) is 5. The van der Waals surface area contributed by atoms with Crippen molar-refractivity contribution in [3.05, 3.63) is 81.1 Å². The lowest BCUT2D eigenvalue weighted by molar-refractivity contribution is 0.434. The predicted molar refractivity (Wildman–Crippen MR) is 127 cm³/mol. The molecule has 3 aliphatic rings. The molecular formula is C25H21FNO7S2+. The highest BCUT2D eigenvalue weighted by Crippen LogP contribution is 2.40. The molecule has 2 N–H and O–H groups in total. The third-order valence-corrected chi connectivity index (χ3v) is 8.71. The molecule has 3 heterocycles. The molecule has 0 unspecified atom stereocenters. The average Bonchev–Trinajstić information content (AvgIpc) is 2.82. The molecule has 0 saturated carbocycles. The SMILES string of the molecule is O=S(=O)(O)c1ccc(C2=c3cc4c5c(c3Oc3cc(F)ccc32)CCC[N+]=5CCC4)c(S(=O)(=O)O)c1. The van der Waals surface area contributed by atoms with Gasteiger partial charge in [0.2, 0.25) is 5.36 Å². The van der Waals surface area contributed by atoms with Crippen LogP contribution in [0.2, 0.25) is 0 Å². The van der Waals surface area contributed by atoms with Crippen LogP contribution in [0.15, 0.2) is 52.3 Å². The summed E-state index contributed by atoms with van der Waals surface area (Å²) in [6, 6.07) is 8.84. The molecule has 6 rings (SSSR count). The molecule has 0 aromatic heterocycles. The quantitative estimate of drug-likeness (QED) is 0.307. The van der Waals surface area contributed by atoms with E-state index in [1.54, 1.807) is 0 Å². The molecule has 0 atom stereocenters. The Hall–Kier alpha value is -3.12. The number of ether oxygens (including phenoxy) is 1. The van der Waals surface area contributed by atoms with Crippen molar-refractivity contribution in [2.75, 3.05) is 13.1 Å². The summed E-state index contributed by atoms with van der Waals surface area (Å²) < 4.78 is 90.6. The van der Waals surface area contributed by atoms with Gasteiger partial charge in [0.25, 0.3) is 20.2 Å². The smallest absolute Gasteiger partial charge is 0.295 e. The van der Waals surface area contributed by atoms with E-state index in [0.29, 0.717) is 22.1 Å². The Bertz CT molecular complexity index is 1830. The summed E-state index contributed by atoms with van der Waals surface area (Å²) in [5.41, 5.74) is 2.82. The van der Waals surface area contributed by atoms with Crippen molar-refractivity contribution in [2.45, 2.75) is 35.5 Å². The van der Waals surface area contributed by atoms with E-state index in [4.69, 9.17) is 4.74 Å². The highest BCUT2D eigenvalue weighted by Gasteiger charge is 2.33. The second kappa shape index (κ2) is 7.94. The minimum absolute atomic E-state index is 0.0120. The Labute approximate surface area is 206 Å². The molecule has 0 radical (unpaired) electrons. The van der Waals surface area contributed by atoms with Gasteiger partial charge in [-0.15, -0.1) is 0 Å². The standard InChI is InChI=1S/C25H20FNO7S2/c26-15-5-7-17-21(12-15)34-25-19-4-2-10-27-9-1-3-14(24(19)27)11-20(25)23(17)18-8-6-16(35(28,29)30)13-22(18)36(31,32)33/h5-8,11-13H,1-4,9-10H2,(H-,28,29,30,31,32,33)/p+1. The van der Waals surface area contributed by atoms with Crippen molar-refractivity contribution in [3.63, 3.8) is 0 Å². The Morgan fingerprint density at radius 1 is 0.861 bits per heavy atom. The van der Waals surface area contributed by atoms with Gasteiger partial charge in [0.1, 0.15) is 35.3 Å². The van der Waals surface area contributed by atoms with E-state index in [1.807, 2.05) is 6.07 Å². The first-order valence-corrected chi connectivity index (χ1v) is 14.3. The topological polar surface area (TPSA) is 121 Å². The van der Waals surface area contributed by atoms with E-state index in [0.717, 1.165) is 67.4 Å². The van der Waals surface area contributed by atoms with Crippen LogP contribution in [0, 0.1) is 5.82 Å². The fourth-order valence-electron chi connectivity index (χ4n) is 5.55. The van der Waals surface area contributed by atoms with Crippen molar-refractivity contribution in [3.8, 4) is 11.5 Å². The van der Waals surface area contributed by atoms with Crippen LogP contribution >= 0.6 is 0 Å². The van der Waals surface area contributed by atoms with E-state index >= 15 is 0 Å². The molecule has 3 aliphatic heterocycles. The maximum absolute atomic E-state index is 14.3. The zero-order valence-electron chi connectivity index (χ0n) is 18.9. The van der Waals surface area contributed by atoms with Crippen molar-refractivity contribution in [1.29, 1.82) is 0 Å². The number of aryl methyl sites for hydroxylation is 1. The lowest BCUT2D eigenvalue weighted by atomic mass is 9.87. The Kier molecular flexibility index (Phi) is 5.14. The first kappa shape index (κ1) is 23.3. The van der Waals surface area contributed by atoms with Gasteiger partial charge in [-0.25, -0.2) is 8.97 Å². The highest BCUT2D eigenvalue weighted by atomic mass is 32.2. The molecule has 36 heavy (non-hydrogen) atoms. The van der Waals surface area contributed by atoms with Gasteiger partial charge in [-0.05, 0) is 43.2 Å². The molecule has 0 saturated heterocycles. The monoisotopic (exact) mass is 530 g/mol. The molecule has 0 spiro atoms. The van der Waals surface area contributed by atoms with Crippen molar-refractivity contribution >= 4 is 25.8 Å². The molecule has 0 bridgehead atoms. The lowest BCUT2D eigenvalue weighted by Gasteiger charge is -2.26. The van der Waals surface area contributed by atoms with Crippen molar-refractivity contribution in [1.82, 2.24) is 4.58 Å². The van der Waals surface area contributed by atoms with Gasteiger partial charge in [0.15, 0.2) is 0 Å². The molecule has 8 nitrogen and oxygen atoms in total. The van der Waals surface area contributed by atoms with Crippen LogP contribution in [0.4, 0.5) is 4.39 Å². The number of benzene rings is 3. The van der Waals surface area contributed by atoms with Crippen LogP contribution in [0.25, 0.3) is 5.57 Å². The third-order valence-electron chi connectivity index (χ3n) is 6.97. The Morgan fingerprint density at radius 2 is 1.58 bits per heavy atom. The maximum atomic E-state index is 14.3. The molecule has 0 amide bonds. The van der Waals surface area contributed by atoms with Crippen LogP contribution in [-0.4, -0.2) is 39.0 Å². The molecule has 11 heteroatoms. The number of rotatable bonds is 3. The first-order valence-electron chi connectivity index (χ1n) is 11.4. The summed E-state index contributed by atoms with van der Waals surface area (Å²) in [6.45, 7) is 1.84. The highest BCUT2D eigenvalue weighted by molar-refractivity contribution is 7.86. The van der Waals surface area contributed by atoms with Gasteiger partial charge >= 0.3 is 0 Å². The summed E-state index contributed by atoms with van der Waals surface area (Å²) in [4.78, 5) is -1.37. The van der Waals surface area contributed by atoms with Gasteiger partial charge in [0.05, 0.1) is 10.5 Å². The second-order valence-electron chi connectivity index (χ2n) is 9.16. The molecular weight excluding hydrogens is 509 g/mol. The van der Waals surface area contributed by atoms with E-state index in [2.05, 4.69) is 4.58 Å². The Morgan fingerprint density at radius 3 is 2.31 bits per heavy atom. The molecule has 186 valence electrons. The normalized spacial score (nSPS) is 16.6. The van der Waals surface area contributed by atoms with E-state index in [1.165, 1.54) is 24.3 Å². The summed E-state index contributed by atoms with van der Waals surface area (Å²) >= 11 is 0. The van der Waals surface area contributed by atoms with Crippen LogP contribution in [0.5, 0.6) is 11.5 Å². The maximum Gasteiger partial charge on any atom is 0.295 e. The van der Waals surface area contributed by atoms with Crippen molar-refractivity contribution < 1.29 is 35.1 Å². The van der Waals surface area contributed by atoms with E-state index in [-0.39, 0.29) is 11.3 Å². The van der Waals surface area contributed by atoms with Gasteiger partial charge in [-0.3, -0.25) is 9.11 Å². The van der Waals surface area contributed by atoms with Gasteiger partial charge in [-0.2, -0.15) is 16.8 Å². The number of fused-ring (bicyclic) bond motifs is 3. The lowest BCUT2D eigenvalue weighted by Crippen LogP contribution is -2.45. The van der Waals surface area contributed by atoms with Crippen LogP contribution in [-0.2, 0) is 33.1 Å². The van der Waals surface area contributed by atoms with Gasteiger partial charge < -0.3 is 4.74 Å². The zero-order valence-corrected chi connectivity index (χ0v) is 20.5. The number of nitrogens with zero attached hydrogens (tertiary/aromatic N) is 1. The summed E-state index contributed by atoms with van der Waals surface area (Å²) in [5.74, 6) is 0.136. The average molecular weight is 531 g/mol. The van der Waals surface area contributed by atoms with Gasteiger partial charge in [-0.1, -0.05) is 6.07 Å². The van der Waals surface area contributed by atoms with E-state index in [9.17, 15) is 30.3 Å². The first-order chi connectivity index (χ1) is 17.0. The summed E-state index contributed by atoms with van der Waals surface area (Å²) in [6.07, 6.45) is 3.41. The molecule has 3 aromatic rings. The van der Waals surface area contributed by atoms with Gasteiger partial charge in [0, 0.05) is 46.4 Å². The van der Waals surface area contributed by atoms with Crippen LogP contribution < -0.4 is 19.9 Å². The summed E-state index contributed by atoms with van der Waals surface area (Å²) in [5, 5.41) is 1.68. The number of hydrogen-bond donors (Lipinski definition) is 2. The van der Waals surface area contributed by atoms with Crippen molar-refractivity contribution in [2.24, 2.45) is 0 Å². The van der Waals surface area contributed by atoms with Crippen LogP contribution in [0.3, 0.4) is 0 Å². The molecule has 0 aliphatic carbocycles. The molecule has 0 fully saturated rings. The fraction of sp³-hybridized carbons (Fsp3) is 0.240. The van der Waals surface area contributed by atoms with E-state index < -0.39 is 35.8 Å².